The molecule has 0 aliphatic heterocycles. The van der Waals surface area contributed by atoms with Gasteiger partial charge in [-0.3, -0.25) is 0 Å². The highest BCUT2D eigenvalue weighted by molar-refractivity contribution is 5.83. The minimum Gasteiger partial charge on any atom is -0.359 e. The van der Waals surface area contributed by atoms with Crippen LogP contribution in [0.15, 0.2) is 24.4 Å². The molecule has 17 heavy (non-hydrogen) atoms. The average Bonchev–Trinajstić information content (AvgIpc) is 2.92. The monoisotopic (exact) mass is 232 g/mol. The minimum atomic E-state index is -0.145. The summed E-state index contributed by atoms with van der Waals surface area (Å²) < 4.78 is 13.6. The van der Waals surface area contributed by atoms with E-state index in [9.17, 15) is 4.39 Å². The third-order valence-corrected chi connectivity index (χ3v) is 3.69. The zero-order chi connectivity index (χ0) is 11.9. The van der Waals surface area contributed by atoms with Gasteiger partial charge in [0, 0.05) is 22.6 Å². The molecule has 0 atom stereocenters. The lowest BCUT2D eigenvalue weighted by Crippen LogP contribution is -2.29. The molecule has 1 aromatic heterocycles. The average molecular weight is 232 g/mol. The van der Waals surface area contributed by atoms with E-state index in [1.54, 1.807) is 0 Å². The Morgan fingerprint density at radius 3 is 3.00 bits per heavy atom. The summed E-state index contributed by atoms with van der Waals surface area (Å²) in [5.41, 5.74) is 2.32. The molecule has 3 rings (SSSR count). The second-order valence-electron chi connectivity index (χ2n) is 5.21. The minimum absolute atomic E-state index is 0.145. The number of rotatable bonds is 4. The van der Waals surface area contributed by atoms with E-state index >= 15 is 0 Å². The van der Waals surface area contributed by atoms with E-state index in [0.29, 0.717) is 5.54 Å². The molecule has 0 saturated heterocycles. The number of nitrogens with one attached hydrogen (secondary N) is 2. The van der Waals surface area contributed by atoms with Crippen molar-refractivity contribution in [1.29, 1.82) is 0 Å². The molecule has 0 spiro atoms. The smallest absolute Gasteiger partial charge is 0.148 e. The highest BCUT2D eigenvalue weighted by atomic mass is 19.1. The second-order valence-corrected chi connectivity index (χ2v) is 5.21. The van der Waals surface area contributed by atoms with Crippen molar-refractivity contribution in [3.63, 3.8) is 0 Å². The molecule has 2 aromatic rings. The van der Waals surface area contributed by atoms with Crippen molar-refractivity contribution in [2.75, 3.05) is 6.54 Å². The summed E-state index contributed by atoms with van der Waals surface area (Å²) in [6.07, 6.45) is 4.83. The number of aromatic amines is 1. The highest BCUT2D eigenvalue weighted by Crippen LogP contribution is 2.34. The Hall–Kier alpha value is -1.35. The number of halogens is 1. The van der Waals surface area contributed by atoms with Crippen LogP contribution in [0.5, 0.6) is 0 Å². The number of benzene rings is 1. The molecule has 0 bridgehead atoms. The van der Waals surface area contributed by atoms with Crippen molar-refractivity contribution in [1.82, 2.24) is 10.3 Å². The number of aromatic nitrogens is 1. The van der Waals surface area contributed by atoms with Gasteiger partial charge in [0.1, 0.15) is 5.82 Å². The van der Waals surface area contributed by atoms with Gasteiger partial charge in [0.2, 0.25) is 0 Å². The van der Waals surface area contributed by atoms with E-state index in [1.165, 1.54) is 19.0 Å². The third-order valence-electron chi connectivity index (χ3n) is 3.69. The van der Waals surface area contributed by atoms with Crippen molar-refractivity contribution >= 4 is 10.9 Å². The first kappa shape index (κ1) is 10.8. The molecule has 1 aliphatic carbocycles. The number of fused-ring (bicyclic) bond motifs is 1. The molecule has 1 heterocycles. The Bertz CT molecular complexity index is 540. The second kappa shape index (κ2) is 3.84. The van der Waals surface area contributed by atoms with Crippen molar-refractivity contribution < 1.29 is 4.39 Å². The molecule has 1 aliphatic rings. The first-order chi connectivity index (χ1) is 8.18. The molecule has 2 N–H and O–H groups in total. The van der Waals surface area contributed by atoms with Gasteiger partial charge in [0.05, 0.1) is 0 Å². The van der Waals surface area contributed by atoms with E-state index in [2.05, 4.69) is 17.2 Å². The van der Waals surface area contributed by atoms with E-state index in [-0.39, 0.29) is 5.82 Å². The number of H-pyrrole nitrogens is 1. The largest absolute Gasteiger partial charge is 0.359 e. The lowest BCUT2D eigenvalue weighted by Gasteiger charge is -2.11. The van der Waals surface area contributed by atoms with Gasteiger partial charge in [-0.15, -0.1) is 0 Å². The van der Waals surface area contributed by atoms with Crippen LogP contribution in [0, 0.1) is 5.82 Å². The maximum absolute atomic E-state index is 13.6. The first-order valence-corrected chi connectivity index (χ1v) is 6.17. The summed E-state index contributed by atoms with van der Waals surface area (Å²) >= 11 is 0. The van der Waals surface area contributed by atoms with Gasteiger partial charge in [-0.25, -0.2) is 4.39 Å². The predicted molar refractivity (Wildman–Crippen MR) is 67.6 cm³/mol. The summed E-state index contributed by atoms with van der Waals surface area (Å²) in [5.74, 6) is -0.145. The van der Waals surface area contributed by atoms with E-state index in [0.717, 1.165) is 29.4 Å². The van der Waals surface area contributed by atoms with Crippen LogP contribution in [-0.2, 0) is 6.42 Å². The molecule has 0 amide bonds. The van der Waals surface area contributed by atoms with Gasteiger partial charge >= 0.3 is 0 Å². The van der Waals surface area contributed by atoms with Crippen LogP contribution in [0.3, 0.4) is 0 Å². The van der Waals surface area contributed by atoms with E-state index in [1.807, 2.05) is 18.2 Å². The van der Waals surface area contributed by atoms with Crippen LogP contribution in [-0.4, -0.2) is 17.1 Å². The van der Waals surface area contributed by atoms with Crippen molar-refractivity contribution in [2.24, 2.45) is 0 Å². The topological polar surface area (TPSA) is 27.8 Å². The number of hydrogen-bond donors (Lipinski definition) is 2. The highest BCUT2D eigenvalue weighted by Gasteiger charge is 2.36. The van der Waals surface area contributed by atoms with Crippen LogP contribution in [0.2, 0.25) is 0 Å². The Balaban J connectivity index is 1.77. The molecule has 0 unspecified atom stereocenters. The molecule has 3 heteroatoms. The molecule has 1 fully saturated rings. The fourth-order valence-electron chi connectivity index (χ4n) is 2.29. The van der Waals surface area contributed by atoms with Gasteiger partial charge in [0.25, 0.3) is 0 Å². The molecule has 0 radical (unpaired) electrons. The lowest BCUT2D eigenvalue weighted by molar-refractivity contribution is 0.541. The molecular weight excluding hydrogens is 215 g/mol. The zero-order valence-corrected chi connectivity index (χ0v) is 10.0. The Morgan fingerprint density at radius 1 is 1.41 bits per heavy atom. The van der Waals surface area contributed by atoms with Crippen molar-refractivity contribution in [2.45, 2.75) is 31.7 Å². The maximum atomic E-state index is 13.6. The maximum Gasteiger partial charge on any atom is 0.148 e. The molecule has 90 valence electrons. The normalized spacial score (nSPS) is 17.5. The Labute approximate surface area is 100 Å². The summed E-state index contributed by atoms with van der Waals surface area (Å²) in [4.78, 5) is 2.95. The summed E-state index contributed by atoms with van der Waals surface area (Å²) in [6.45, 7) is 3.16. The van der Waals surface area contributed by atoms with Gasteiger partial charge in [0.15, 0.2) is 0 Å². The molecule has 2 nitrogen and oxygen atoms in total. The summed E-state index contributed by atoms with van der Waals surface area (Å²) in [5, 5.41) is 4.27. The van der Waals surface area contributed by atoms with Gasteiger partial charge in [-0.2, -0.15) is 0 Å². The molecular formula is C14H17FN2. The fraction of sp³-hybridized carbons (Fsp3) is 0.429. The summed E-state index contributed by atoms with van der Waals surface area (Å²) in [7, 11) is 0. The summed E-state index contributed by atoms with van der Waals surface area (Å²) in [6, 6.07) is 5.90. The first-order valence-electron chi connectivity index (χ1n) is 6.17. The molecule has 1 aromatic carbocycles. The Morgan fingerprint density at radius 2 is 2.24 bits per heavy atom. The SMILES string of the molecule is CC1(NCCc2cccc3[nH]cc(F)c23)CC1. The number of hydrogen-bond acceptors (Lipinski definition) is 1. The Kier molecular flexibility index (Phi) is 2.44. The fourth-order valence-corrected chi connectivity index (χ4v) is 2.29. The lowest BCUT2D eigenvalue weighted by atomic mass is 10.1. The standard InChI is InChI=1S/C14H17FN2/c1-14(6-7-14)17-8-5-10-3-2-4-12-13(10)11(15)9-16-12/h2-4,9,16-17H,5-8H2,1H3. The van der Waals surface area contributed by atoms with Crippen LogP contribution < -0.4 is 5.32 Å². The van der Waals surface area contributed by atoms with Crippen molar-refractivity contribution in [3.8, 4) is 0 Å². The quantitative estimate of drug-likeness (QED) is 0.833. The van der Waals surface area contributed by atoms with Crippen LogP contribution in [0.1, 0.15) is 25.3 Å². The zero-order valence-electron chi connectivity index (χ0n) is 10.0. The van der Waals surface area contributed by atoms with Crippen LogP contribution in [0.4, 0.5) is 4.39 Å². The van der Waals surface area contributed by atoms with E-state index < -0.39 is 0 Å². The van der Waals surface area contributed by atoms with E-state index in [4.69, 9.17) is 0 Å². The third kappa shape index (κ3) is 2.07. The van der Waals surface area contributed by atoms with Crippen LogP contribution >= 0.6 is 0 Å². The molecule has 1 saturated carbocycles. The van der Waals surface area contributed by atoms with Gasteiger partial charge in [-0.1, -0.05) is 12.1 Å². The van der Waals surface area contributed by atoms with Crippen LogP contribution in [0.25, 0.3) is 10.9 Å². The van der Waals surface area contributed by atoms with Gasteiger partial charge < -0.3 is 10.3 Å². The van der Waals surface area contributed by atoms with Crippen molar-refractivity contribution in [3.05, 3.63) is 35.8 Å². The predicted octanol–water partition coefficient (Wildman–Crippen LogP) is 2.99. The van der Waals surface area contributed by atoms with Gasteiger partial charge in [-0.05, 0) is 44.4 Å².